The van der Waals surface area contributed by atoms with Crippen molar-refractivity contribution in [2.45, 2.75) is 26.3 Å². The molecule has 4 rings (SSSR count). The summed E-state index contributed by atoms with van der Waals surface area (Å²) in [6.45, 7) is 5.38. The van der Waals surface area contributed by atoms with Gasteiger partial charge in [0.05, 0.1) is 0 Å². The Bertz CT molecular complexity index is 1110. The summed E-state index contributed by atoms with van der Waals surface area (Å²) in [5, 5.41) is 15.3. The van der Waals surface area contributed by atoms with Gasteiger partial charge in [0.1, 0.15) is 5.01 Å². The third-order valence-electron chi connectivity index (χ3n) is 5.68. The average Bonchev–Trinajstić information content (AvgIpc) is 3.26. The Balaban J connectivity index is 1.23. The van der Waals surface area contributed by atoms with Crippen molar-refractivity contribution in [1.29, 1.82) is 0 Å². The number of aromatic nitrogens is 2. The van der Waals surface area contributed by atoms with E-state index in [-0.39, 0.29) is 11.8 Å². The largest absolute Gasteiger partial charge is 0.352 e. The lowest BCUT2D eigenvalue weighted by atomic mass is 9.96. The maximum atomic E-state index is 12.7. The fourth-order valence-electron chi connectivity index (χ4n) is 3.85. The number of nitrogens with one attached hydrogen (secondary N) is 2. The SMILES string of the molecule is Cc1nnc(C(=O)Nc2cccc(C(=O)NCC3CCN(Cc4ccc(Cl)cc4)CC3)c2)s1. The monoisotopic (exact) mass is 483 g/mol. The minimum absolute atomic E-state index is 0.138. The highest BCUT2D eigenvalue weighted by Gasteiger charge is 2.20. The lowest BCUT2D eigenvalue weighted by molar-refractivity contribution is 0.0934. The Kier molecular flexibility index (Phi) is 7.69. The molecule has 2 aromatic carbocycles. The van der Waals surface area contributed by atoms with E-state index in [9.17, 15) is 9.59 Å². The van der Waals surface area contributed by atoms with E-state index in [1.165, 1.54) is 16.9 Å². The first-order chi connectivity index (χ1) is 16.0. The number of benzene rings is 2. The van der Waals surface area contributed by atoms with E-state index in [1.807, 2.05) is 12.1 Å². The van der Waals surface area contributed by atoms with Gasteiger partial charge in [-0.05, 0) is 74.7 Å². The Labute approximate surface area is 202 Å². The Morgan fingerprint density at radius 2 is 1.85 bits per heavy atom. The van der Waals surface area contributed by atoms with Crippen LogP contribution < -0.4 is 10.6 Å². The molecule has 0 atom stereocenters. The van der Waals surface area contributed by atoms with Gasteiger partial charge < -0.3 is 10.6 Å². The van der Waals surface area contributed by atoms with Crippen molar-refractivity contribution in [2.24, 2.45) is 5.92 Å². The standard InChI is InChI=1S/C24H26ClN5O2S/c1-16-28-29-24(33-16)23(32)27-21-4-2-3-19(13-21)22(31)26-14-17-9-11-30(12-10-17)15-18-5-7-20(25)8-6-18/h2-8,13,17H,9-12,14-15H2,1H3,(H,26,31)(H,27,32). The van der Waals surface area contributed by atoms with Gasteiger partial charge in [-0.25, -0.2) is 0 Å². The smallest absolute Gasteiger partial charge is 0.286 e. The van der Waals surface area contributed by atoms with Crippen LogP contribution in [0.5, 0.6) is 0 Å². The minimum atomic E-state index is -0.330. The summed E-state index contributed by atoms with van der Waals surface area (Å²) in [6.07, 6.45) is 2.09. The zero-order valence-electron chi connectivity index (χ0n) is 18.4. The molecule has 1 fully saturated rings. The van der Waals surface area contributed by atoms with Gasteiger partial charge in [-0.3, -0.25) is 14.5 Å². The van der Waals surface area contributed by atoms with Crippen molar-refractivity contribution >= 4 is 40.4 Å². The van der Waals surface area contributed by atoms with Crippen molar-refractivity contribution in [3.8, 4) is 0 Å². The number of carbonyl (C=O) groups excluding carboxylic acids is 2. The second kappa shape index (κ2) is 10.9. The Hall–Kier alpha value is -2.81. The number of anilines is 1. The molecule has 7 nitrogen and oxygen atoms in total. The van der Waals surface area contributed by atoms with Crippen molar-refractivity contribution < 1.29 is 9.59 Å². The molecule has 2 amide bonds. The quantitative estimate of drug-likeness (QED) is 0.520. The molecule has 0 spiro atoms. The lowest BCUT2D eigenvalue weighted by Crippen LogP contribution is -2.38. The second-order valence-electron chi connectivity index (χ2n) is 8.22. The summed E-state index contributed by atoms with van der Waals surface area (Å²) >= 11 is 7.19. The third kappa shape index (κ3) is 6.60. The lowest BCUT2D eigenvalue weighted by Gasteiger charge is -2.32. The van der Waals surface area contributed by atoms with Gasteiger partial charge >= 0.3 is 0 Å². The van der Waals surface area contributed by atoms with Crippen molar-refractivity contribution in [2.75, 3.05) is 25.0 Å². The molecule has 3 aromatic rings. The van der Waals surface area contributed by atoms with Crippen LogP contribution in [0.1, 0.15) is 43.6 Å². The maximum absolute atomic E-state index is 12.7. The summed E-state index contributed by atoms with van der Waals surface area (Å²) in [4.78, 5) is 27.4. The predicted molar refractivity (Wildman–Crippen MR) is 131 cm³/mol. The molecule has 9 heteroatoms. The van der Waals surface area contributed by atoms with Crippen LogP contribution in [0, 0.1) is 12.8 Å². The van der Waals surface area contributed by atoms with E-state index in [4.69, 9.17) is 11.6 Å². The van der Waals surface area contributed by atoms with E-state index >= 15 is 0 Å². The zero-order valence-corrected chi connectivity index (χ0v) is 20.0. The summed E-state index contributed by atoms with van der Waals surface area (Å²) < 4.78 is 0. The highest BCUT2D eigenvalue weighted by Crippen LogP contribution is 2.20. The molecule has 1 aromatic heterocycles. The summed E-state index contributed by atoms with van der Waals surface area (Å²) in [7, 11) is 0. The van der Waals surface area contributed by atoms with E-state index in [0.717, 1.165) is 42.5 Å². The number of amides is 2. The predicted octanol–water partition coefficient (Wildman–Crippen LogP) is 4.39. The highest BCUT2D eigenvalue weighted by atomic mass is 35.5. The van der Waals surface area contributed by atoms with Crippen molar-refractivity contribution in [3.05, 3.63) is 74.7 Å². The molecular formula is C24H26ClN5O2S. The summed E-state index contributed by atoms with van der Waals surface area (Å²) in [5.74, 6) is -0.0103. The number of piperidine rings is 1. The molecule has 172 valence electrons. The number of carbonyl (C=O) groups is 2. The topological polar surface area (TPSA) is 87.2 Å². The van der Waals surface area contributed by atoms with Crippen LogP contribution in [0.15, 0.2) is 48.5 Å². The molecule has 0 saturated carbocycles. The van der Waals surface area contributed by atoms with Crippen LogP contribution in [0.3, 0.4) is 0 Å². The van der Waals surface area contributed by atoms with Gasteiger partial charge in [0.2, 0.25) is 5.01 Å². The molecule has 0 aliphatic carbocycles. The first-order valence-electron chi connectivity index (χ1n) is 10.9. The number of halogens is 1. The number of aryl methyl sites for hydroxylation is 1. The van der Waals surface area contributed by atoms with Gasteiger partial charge in [0, 0.05) is 29.4 Å². The zero-order chi connectivity index (χ0) is 23.2. The molecule has 1 saturated heterocycles. The third-order valence-corrected chi connectivity index (χ3v) is 6.77. The van der Waals surface area contributed by atoms with E-state index < -0.39 is 0 Å². The van der Waals surface area contributed by atoms with Gasteiger partial charge in [0.25, 0.3) is 11.8 Å². The first-order valence-corrected chi connectivity index (χ1v) is 12.1. The number of hydrogen-bond donors (Lipinski definition) is 2. The summed E-state index contributed by atoms with van der Waals surface area (Å²) in [5.41, 5.74) is 2.33. The molecule has 1 aliphatic heterocycles. The Morgan fingerprint density at radius 1 is 1.09 bits per heavy atom. The maximum Gasteiger partial charge on any atom is 0.286 e. The fourth-order valence-corrected chi connectivity index (χ4v) is 4.56. The number of likely N-dealkylation sites (tertiary alicyclic amines) is 1. The first kappa shape index (κ1) is 23.4. The molecule has 2 N–H and O–H groups in total. The summed E-state index contributed by atoms with van der Waals surface area (Å²) in [6, 6.07) is 14.9. The Morgan fingerprint density at radius 3 is 2.55 bits per heavy atom. The second-order valence-corrected chi connectivity index (χ2v) is 9.84. The molecule has 0 unspecified atom stereocenters. The normalized spacial score (nSPS) is 14.7. The molecular weight excluding hydrogens is 458 g/mol. The number of nitrogens with zero attached hydrogens (tertiary/aromatic N) is 3. The van der Waals surface area contributed by atoms with Crippen LogP contribution in [-0.4, -0.2) is 46.5 Å². The molecule has 1 aliphatic rings. The van der Waals surface area contributed by atoms with Crippen LogP contribution in [0.4, 0.5) is 5.69 Å². The molecule has 2 heterocycles. The van der Waals surface area contributed by atoms with Gasteiger partial charge in [-0.2, -0.15) is 0 Å². The van der Waals surface area contributed by atoms with Crippen LogP contribution in [0.25, 0.3) is 0 Å². The van der Waals surface area contributed by atoms with Crippen molar-refractivity contribution in [1.82, 2.24) is 20.4 Å². The van der Waals surface area contributed by atoms with Crippen LogP contribution >= 0.6 is 22.9 Å². The van der Waals surface area contributed by atoms with Crippen LogP contribution in [-0.2, 0) is 6.54 Å². The van der Waals surface area contributed by atoms with Gasteiger partial charge in [0.15, 0.2) is 0 Å². The van der Waals surface area contributed by atoms with Gasteiger partial charge in [-0.1, -0.05) is 41.1 Å². The average molecular weight is 484 g/mol. The molecule has 0 radical (unpaired) electrons. The van der Waals surface area contributed by atoms with Crippen LogP contribution in [0.2, 0.25) is 5.02 Å². The molecule has 33 heavy (non-hydrogen) atoms. The number of hydrogen-bond acceptors (Lipinski definition) is 6. The van der Waals surface area contributed by atoms with E-state index in [0.29, 0.717) is 28.7 Å². The van der Waals surface area contributed by atoms with Gasteiger partial charge in [-0.15, -0.1) is 10.2 Å². The fraction of sp³-hybridized carbons (Fsp3) is 0.333. The highest BCUT2D eigenvalue weighted by molar-refractivity contribution is 7.13. The number of rotatable bonds is 7. The van der Waals surface area contributed by atoms with Crippen molar-refractivity contribution in [3.63, 3.8) is 0 Å². The molecule has 0 bridgehead atoms. The van der Waals surface area contributed by atoms with E-state index in [2.05, 4.69) is 37.9 Å². The van der Waals surface area contributed by atoms with E-state index in [1.54, 1.807) is 31.2 Å². The minimum Gasteiger partial charge on any atom is -0.352 e.